The second kappa shape index (κ2) is 4.51. The topological polar surface area (TPSA) is 58.9 Å². The normalized spacial score (nSPS) is 22.5. The fraction of sp³-hybridized carbons (Fsp3) is 0.571. The molecule has 0 spiro atoms. The molecule has 2 rings (SSSR count). The van der Waals surface area contributed by atoms with Crippen molar-refractivity contribution in [1.29, 1.82) is 0 Å². The molecule has 2 N–H and O–H groups in total. The van der Waals surface area contributed by atoms with Crippen LogP contribution in [0.5, 0.6) is 5.75 Å². The van der Waals surface area contributed by atoms with Crippen LogP contribution in [0.3, 0.4) is 0 Å². The zero-order valence-corrected chi connectivity index (χ0v) is 12.1. The molecular weight excluding hydrogens is 243 g/mol. The first-order valence-corrected chi connectivity index (χ1v) is 6.50. The molecule has 1 aliphatic rings. The summed E-state index contributed by atoms with van der Waals surface area (Å²) >= 11 is 0. The fourth-order valence-electron chi connectivity index (χ4n) is 1.99. The molecule has 1 unspecified atom stereocenters. The molecule has 0 saturated carbocycles. The summed E-state index contributed by atoms with van der Waals surface area (Å²) in [6.07, 6.45) is -0.596. The highest BCUT2D eigenvalue weighted by molar-refractivity contribution is 6.63. The van der Waals surface area contributed by atoms with Gasteiger partial charge in [-0.05, 0) is 46.2 Å². The number of benzene rings is 1. The standard InChI is InChI=1S/C14H21BO4/c1-9(16)10-6-7-12(17)11(8-10)15-18-13(2,3)14(4,5)19-15/h6-9,16-17H,1-5H3. The Morgan fingerprint density at radius 1 is 1.11 bits per heavy atom. The molecule has 0 amide bonds. The van der Waals surface area contributed by atoms with Crippen molar-refractivity contribution in [2.24, 2.45) is 0 Å². The maximum atomic E-state index is 9.98. The van der Waals surface area contributed by atoms with Gasteiger partial charge in [-0.3, -0.25) is 0 Å². The van der Waals surface area contributed by atoms with Crippen molar-refractivity contribution in [1.82, 2.24) is 0 Å². The Morgan fingerprint density at radius 2 is 1.63 bits per heavy atom. The minimum atomic E-state index is -0.622. The molecule has 0 radical (unpaired) electrons. The monoisotopic (exact) mass is 264 g/mol. The van der Waals surface area contributed by atoms with Gasteiger partial charge in [0.2, 0.25) is 0 Å². The lowest BCUT2D eigenvalue weighted by molar-refractivity contribution is 0.00578. The van der Waals surface area contributed by atoms with Crippen molar-refractivity contribution in [3.63, 3.8) is 0 Å². The highest BCUT2D eigenvalue weighted by atomic mass is 16.7. The quantitative estimate of drug-likeness (QED) is 0.799. The Morgan fingerprint density at radius 3 is 2.11 bits per heavy atom. The summed E-state index contributed by atoms with van der Waals surface area (Å²) < 4.78 is 11.8. The van der Waals surface area contributed by atoms with Gasteiger partial charge in [0.25, 0.3) is 0 Å². The van der Waals surface area contributed by atoms with E-state index < -0.39 is 24.4 Å². The lowest BCUT2D eigenvalue weighted by atomic mass is 9.77. The number of rotatable bonds is 2. The van der Waals surface area contributed by atoms with E-state index in [2.05, 4.69) is 0 Å². The number of aliphatic hydroxyl groups excluding tert-OH is 1. The van der Waals surface area contributed by atoms with Crippen molar-refractivity contribution in [3.8, 4) is 5.75 Å². The second-order valence-electron chi connectivity index (χ2n) is 6.08. The average molecular weight is 264 g/mol. The summed E-state index contributed by atoms with van der Waals surface area (Å²) in [7, 11) is -0.622. The highest BCUT2D eigenvalue weighted by Gasteiger charge is 2.52. The first-order valence-electron chi connectivity index (χ1n) is 6.50. The molecule has 4 nitrogen and oxygen atoms in total. The van der Waals surface area contributed by atoms with E-state index in [-0.39, 0.29) is 5.75 Å². The van der Waals surface area contributed by atoms with E-state index in [1.807, 2.05) is 27.7 Å². The van der Waals surface area contributed by atoms with Crippen molar-refractivity contribution >= 4 is 12.6 Å². The van der Waals surface area contributed by atoms with Crippen molar-refractivity contribution in [2.45, 2.75) is 51.9 Å². The van der Waals surface area contributed by atoms with Crippen LogP contribution in [0.15, 0.2) is 18.2 Å². The maximum absolute atomic E-state index is 9.98. The molecule has 5 heteroatoms. The zero-order valence-electron chi connectivity index (χ0n) is 12.1. The van der Waals surface area contributed by atoms with E-state index in [4.69, 9.17) is 9.31 Å². The number of phenols is 1. The van der Waals surface area contributed by atoms with Gasteiger partial charge in [-0.1, -0.05) is 12.1 Å². The van der Waals surface area contributed by atoms with Gasteiger partial charge in [0.1, 0.15) is 5.75 Å². The number of phenolic OH excluding ortho intramolecular Hbond substituents is 1. The zero-order chi connectivity index (χ0) is 14.4. The molecule has 1 fully saturated rings. The summed E-state index contributed by atoms with van der Waals surface area (Å²) in [5.74, 6) is 0.114. The Labute approximate surface area is 114 Å². The Balaban J connectivity index is 2.36. The first-order chi connectivity index (χ1) is 8.64. The van der Waals surface area contributed by atoms with Gasteiger partial charge in [0, 0.05) is 5.46 Å². The molecule has 1 aromatic rings. The van der Waals surface area contributed by atoms with Gasteiger partial charge in [-0.2, -0.15) is 0 Å². The smallest absolute Gasteiger partial charge is 0.498 e. The van der Waals surface area contributed by atoms with Gasteiger partial charge in [0.05, 0.1) is 17.3 Å². The van der Waals surface area contributed by atoms with E-state index in [1.165, 1.54) is 0 Å². The predicted octanol–water partition coefficient (Wildman–Crippen LogP) is 1.74. The van der Waals surface area contributed by atoms with Crippen LogP contribution in [0.1, 0.15) is 46.3 Å². The summed E-state index contributed by atoms with van der Waals surface area (Å²) in [4.78, 5) is 0. The molecule has 1 saturated heterocycles. The van der Waals surface area contributed by atoms with Gasteiger partial charge in [0.15, 0.2) is 0 Å². The van der Waals surface area contributed by atoms with Gasteiger partial charge in [-0.25, -0.2) is 0 Å². The van der Waals surface area contributed by atoms with Crippen LogP contribution in [0.2, 0.25) is 0 Å². The Kier molecular flexibility index (Phi) is 3.41. The molecule has 1 atom stereocenters. The van der Waals surface area contributed by atoms with Crippen molar-refractivity contribution < 1.29 is 19.5 Å². The Bertz CT molecular complexity index is 466. The highest BCUT2D eigenvalue weighted by Crippen LogP contribution is 2.37. The summed E-state index contributed by atoms with van der Waals surface area (Å²) in [5, 5.41) is 19.6. The van der Waals surface area contributed by atoms with E-state index in [0.29, 0.717) is 5.46 Å². The third-order valence-corrected chi connectivity index (χ3v) is 4.04. The minimum absolute atomic E-state index is 0.114. The first kappa shape index (κ1) is 14.4. The summed E-state index contributed by atoms with van der Waals surface area (Å²) in [6.45, 7) is 9.52. The Hall–Kier alpha value is -1.04. The summed E-state index contributed by atoms with van der Waals surface area (Å²) in [6, 6.07) is 4.97. The van der Waals surface area contributed by atoms with Crippen LogP contribution in [-0.4, -0.2) is 28.5 Å². The van der Waals surface area contributed by atoms with Crippen LogP contribution in [0.4, 0.5) is 0 Å². The fourth-order valence-corrected chi connectivity index (χ4v) is 1.99. The molecule has 19 heavy (non-hydrogen) atoms. The molecule has 104 valence electrons. The van der Waals surface area contributed by atoms with Crippen molar-refractivity contribution in [2.75, 3.05) is 0 Å². The third kappa shape index (κ3) is 2.50. The lowest BCUT2D eigenvalue weighted by Crippen LogP contribution is -2.41. The molecule has 0 aromatic heterocycles. The number of hydrogen-bond acceptors (Lipinski definition) is 4. The lowest BCUT2D eigenvalue weighted by Gasteiger charge is -2.32. The van der Waals surface area contributed by atoms with Crippen LogP contribution < -0.4 is 5.46 Å². The SMILES string of the molecule is CC(O)c1ccc(O)c(B2OC(C)(C)C(C)(C)O2)c1. The maximum Gasteiger partial charge on any atom is 0.498 e. The van der Waals surface area contributed by atoms with Gasteiger partial charge in [-0.15, -0.1) is 0 Å². The van der Waals surface area contributed by atoms with Crippen molar-refractivity contribution in [3.05, 3.63) is 23.8 Å². The third-order valence-electron chi connectivity index (χ3n) is 4.04. The second-order valence-corrected chi connectivity index (χ2v) is 6.08. The number of aromatic hydroxyl groups is 1. The van der Waals surface area contributed by atoms with Crippen LogP contribution in [0.25, 0.3) is 0 Å². The number of hydrogen-bond donors (Lipinski definition) is 2. The van der Waals surface area contributed by atoms with E-state index >= 15 is 0 Å². The molecular formula is C14H21BO4. The van der Waals surface area contributed by atoms with E-state index in [1.54, 1.807) is 25.1 Å². The molecule has 1 aliphatic heterocycles. The molecule has 0 aliphatic carbocycles. The van der Waals surface area contributed by atoms with E-state index in [0.717, 1.165) is 5.56 Å². The number of aliphatic hydroxyl groups is 1. The largest absolute Gasteiger partial charge is 0.508 e. The molecule has 1 aromatic carbocycles. The molecule has 0 bridgehead atoms. The van der Waals surface area contributed by atoms with Gasteiger partial charge >= 0.3 is 7.12 Å². The van der Waals surface area contributed by atoms with Crippen LogP contribution in [0, 0.1) is 0 Å². The predicted molar refractivity (Wildman–Crippen MR) is 74.5 cm³/mol. The van der Waals surface area contributed by atoms with E-state index in [9.17, 15) is 10.2 Å². The minimum Gasteiger partial charge on any atom is -0.508 e. The average Bonchev–Trinajstić information content (AvgIpc) is 2.48. The van der Waals surface area contributed by atoms with Gasteiger partial charge < -0.3 is 19.5 Å². The van der Waals surface area contributed by atoms with Crippen LogP contribution in [-0.2, 0) is 9.31 Å². The molecule has 1 heterocycles. The summed E-state index contributed by atoms with van der Waals surface area (Å²) in [5.41, 5.74) is 0.371. The van der Waals surface area contributed by atoms with Crippen LogP contribution >= 0.6 is 0 Å².